The van der Waals surface area contributed by atoms with Crippen LogP contribution in [0.3, 0.4) is 0 Å². The van der Waals surface area contributed by atoms with E-state index >= 15 is 0 Å². The van der Waals surface area contributed by atoms with Gasteiger partial charge in [0.2, 0.25) is 0 Å². The van der Waals surface area contributed by atoms with Crippen LogP contribution in [0.5, 0.6) is 0 Å². The van der Waals surface area contributed by atoms with Crippen LogP contribution in [0.25, 0.3) is 0 Å². The molecule has 0 saturated heterocycles. The first-order valence-electron chi connectivity index (χ1n) is 5.44. The number of nitrogens with two attached hydrogens (primary N) is 1. The SMILES string of the molecule is CCCC(C)(N)CNCc1scnc1C. The van der Waals surface area contributed by atoms with Crippen LogP contribution in [0.15, 0.2) is 5.51 Å². The molecule has 86 valence electrons. The summed E-state index contributed by atoms with van der Waals surface area (Å²) in [5.41, 5.74) is 9.06. The maximum Gasteiger partial charge on any atom is 0.0798 e. The lowest BCUT2D eigenvalue weighted by Gasteiger charge is -2.24. The van der Waals surface area contributed by atoms with Crippen molar-refractivity contribution < 1.29 is 0 Å². The Hall–Kier alpha value is -0.450. The minimum atomic E-state index is -0.0899. The number of nitrogens with zero attached hydrogens (tertiary/aromatic N) is 1. The van der Waals surface area contributed by atoms with Crippen molar-refractivity contribution in [3.05, 3.63) is 16.1 Å². The molecule has 0 aromatic carbocycles. The van der Waals surface area contributed by atoms with Crippen LogP contribution >= 0.6 is 11.3 Å². The van der Waals surface area contributed by atoms with Crippen molar-refractivity contribution in [2.45, 2.75) is 45.7 Å². The van der Waals surface area contributed by atoms with Gasteiger partial charge in [0, 0.05) is 23.5 Å². The maximum atomic E-state index is 6.13. The van der Waals surface area contributed by atoms with Gasteiger partial charge < -0.3 is 11.1 Å². The molecule has 4 heteroatoms. The van der Waals surface area contributed by atoms with Gasteiger partial charge in [0.1, 0.15) is 0 Å². The van der Waals surface area contributed by atoms with E-state index in [0.29, 0.717) is 0 Å². The van der Waals surface area contributed by atoms with Crippen molar-refractivity contribution in [1.29, 1.82) is 0 Å². The third-order valence-corrected chi connectivity index (χ3v) is 3.42. The van der Waals surface area contributed by atoms with E-state index in [1.807, 2.05) is 12.4 Å². The molecule has 0 aliphatic carbocycles. The molecule has 15 heavy (non-hydrogen) atoms. The fourth-order valence-corrected chi connectivity index (χ4v) is 2.36. The van der Waals surface area contributed by atoms with Crippen LogP contribution in [0.1, 0.15) is 37.3 Å². The summed E-state index contributed by atoms with van der Waals surface area (Å²) in [5, 5.41) is 3.40. The molecule has 0 aliphatic heterocycles. The van der Waals surface area contributed by atoms with Gasteiger partial charge in [-0.05, 0) is 20.3 Å². The van der Waals surface area contributed by atoms with Crippen LogP contribution < -0.4 is 11.1 Å². The average molecular weight is 227 g/mol. The van der Waals surface area contributed by atoms with Gasteiger partial charge in [0.25, 0.3) is 0 Å². The molecule has 0 amide bonds. The lowest BCUT2D eigenvalue weighted by molar-refractivity contribution is 0.397. The third kappa shape index (κ3) is 4.28. The molecule has 3 N–H and O–H groups in total. The second kappa shape index (κ2) is 5.58. The number of hydrogen-bond acceptors (Lipinski definition) is 4. The fourth-order valence-electron chi connectivity index (χ4n) is 1.62. The standard InChI is InChI=1S/C11H21N3S/c1-4-5-11(3,12)7-13-6-10-9(2)14-8-15-10/h8,13H,4-7,12H2,1-3H3. The molecule has 1 heterocycles. The zero-order valence-electron chi connectivity index (χ0n) is 9.84. The van der Waals surface area contributed by atoms with E-state index in [0.717, 1.165) is 31.6 Å². The van der Waals surface area contributed by atoms with Crippen LogP contribution in [0, 0.1) is 6.92 Å². The molecule has 1 rings (SSSR count). The fraction of sp³-hybridized carbons (Fsp3) is 0.727. The number of aromatic nitrogens is 1. The Kier molecular flexibility index (Phi) is 4.70. The quantitative estimate of drug-likeness (QED) is 0.782. The zero-order valence-corrected chi connectivity index (χ0v) is 10.7. The second-order valence-electron chi connectivity index (χ2n) is 4.37. The average Bonchev–Trinajstić information content (AvgIpc) is 2.51. The molecule has 1 aromatic heterocycles. The Morgan fingerprint density at radius 1 is 1.60 bits per heavy atom. The Morgan fingerprint density at radius 2 is 2.33 bits per heavy atom. The highest BCUT2D eigenvalue weighted by molar-refractivity contribution is 7.09. The van der Waals surface area contributed by atoms with Gasteiger partial charge >= 0.3 is 0 Å². The van der Waals surface area contributed by atoms with E-state index in [1.54, 1.807) is 11.3 Å². The second-order valence-corrected chi connectivity index (χ2v) is 5.31. The summed E-state index contributed by atoms with van der Waals surface area (Å²) in [4.78, 5) is 5.52. The molecule has 0 radical (unpaired) electrons. The summed E-state index contributed by atoms with van der Waals surface area (Å²) < 4.78 is 0. The Balaban J connectivity index is 2.30. The zero-order chi connectivity index (χ0) is 11.3. The topological polar surface area (TPSA) is 50.9 Å². The van der Waals surface area contributed by atoms with Crippen molar-refractivity contribution in [2.24, 2.45) is 5.73 Å². The van der Waals surface area contributed by atoms with Crippen molar-refractivity contribution in [3.8, 4) is 0 Å². The third-order valence-electron chi connectivity index (χ3n) is 2.48. The number of hydrogen-bond donors (Lipinski definition) is 2. The highest BCUT2D eigenvalue weighted by atomic mass is 32.1. The van der Waals surface area contributed by atoms with Gasteiger partial charge in [-0.3, -0.25) is 0 Å². The molecular formula is C11H21N3S. The lowest BCUT2D eigenvalue weighted by atomic mass is 9.98. The predicted octanol–water partition coefficient (Wildman–Crippen LogP) is 2.06. The summed E-state index contributed by atoms with van der Waals surface area (Å²) in [5.74, 6) is 0. The maximum absolute atomic E-state index is 6.13. The Morgan fingerprint density at radius 3 is 2.87 bits per heavy atom. The van der Waals surface area contributed by atoms with Crippen molar-refractivity contribution in [3.63, 3.8) is 0 Å². The van der Waals surface area contributed by atoms with Crippen LogP contribution in [-0.2, 0) is 6.54 Å². The van der Waals surface area contributed by atoms with Gasteiger partial charge in [0.15, 0.2) is 0 Å². The van der Waals surface area contributed by atoms with E-state index in [9.17, 15) is 0 Å². The number of nitrogens with one attached hydrogen (secondary N) is 1. The minimum absolute atomic E-state index is 0.0899. The van der Waals surface area contributed by atoms with Crippen molar-refractivity contribution in [1.82, 2.24) is 10.3 Å². The normalized spacial score (nSPS) is 15.2. The molecule has 0 saturated carbocycles. The van der Waals surface area contributed by atoms with Crippen LogP contribution in [-0.4, -0.2) is 17.1 Å². The molecule has 0 fully saturated rings. The summed E-state index contributed by atoms with van der Waals surface area (Å²) in [6, 6.07) is 0. The highest BCUT2D eigenvalue weighted by Crippen LogP contribution is 2.12. The van der Waals surface area contributed by atoms with E-state index in [2.05, 4.69) is 24.1 Å². The molecule has 1 aromatic rings. The Bertz CT molecular complexity index is 294. The number of aryl methyl sites for hydroxylation is 1. The molecule has 1 atom stereocenters. The molecule has 0 bridgehead atoms. The monoisotopic (exact) mass is 227 g/mol. The summed E-state index contributed by atoms with van der Waals surface area (Å²) >= 11 is 1.70. The first-order valence-corrected chi connectivity index (χ1v) is 6.31. The van der Waals surface area contributed by atoms with Gasteiger partial charge in [-0.15, -0.1) is 11.3 Å². The molecule has 0 spiro atoms. The van der Waals surface area contributed by atoms with Crippen molar-refractivity contribution in [2.75, 3.05) is 6.54 Å². The van der Waals surface area contributed by atoms with Gasteiger partial charge in [-0.2, -0.15) is 0 Å². The van der Waals surface area contributed by atoms with Gasteiger partial charge in [0.05, 0.1) is 11.2 Å². The van der Waals surface area contributed by atoms with Crippen LogP contribution in [0.4, 0.5) is 0 Å². The predicted molar refractivity (Wildman–Crippen MR) is 66.1 cm³/mol. The summed E-state index contributed by atoms with van der Waals surface area (Å²) in [7, 11) is 0. The molecule has 3 nitrogen and oxygen atoms in total. The number of rotatable bonds is 6. The molecular weight excluding hydrogens is 206 g/mol. The minimum Gasteiger partial charge on any atom is -0.324 e. The Labute approximate surface area is 96.1 Å². The van der Waals surface area contributed by atoms with E-state index < -0.39 is 0 Å². The number of thiazole rings is 1. The molecule has 1 unspecified atom stereocenters. The first-order chi connectivity index (χ1) is 7.05. The summed E-state index contributed by atoms with van der Waals surface area (Å²) in [6.07, 6.45) is 2.19. The largest absolute Gasteiger partial charge is 0.324 e. The van der Waals surface area contributed by atoms with E-state index in [-0.39, 0.29) is 5.54 Å². The first kappa shape index (κ1) is 12.6. The lowest BCUT2D eigenvalue weighted by Crippen LogP contribution is -2.45. The van der Waals surface area contributed by atoms with Crippen LogP contribution in [0.2, 0.25) is 0 Å². The van der Waals surface area contributed by atoms with E-state index in [4.69, 9.17) is 5.73 Å². The van der Waals surface area contributed by atoms with Gasteiger partial charge in [-0.25, -0.2) is 4.98 Å². The van der Waals surface area contributed by atoms with E-state index in [1.165, 1.54) is 4.88 Å². The highest BCUT2D eigenvalue weighted by Gasteiger charge is 2.16. The van der Waals surface area contributed by atoms with Gasteiger partial charge in [-0.1, -0.05) is 13.3 Å². The summed E-state index contributed by atoms with van der Waals surface area (Å²) in [6.45, 7) is 8.05. The van der Waals surface area contributed by atoms with Crippen molar-refractivity contribution >= 4 is 11.3 Å². The molecule has 0 aliphatic rings. The smallest absolute Gasteiger partial charge is 0.0798 e.